The lowest BCUT2D eigenvalue weighted by molar-refractivity contribution is -0.119. The third kappa shape index (κ3) is 5.24. The number of carbonyl (C=O) groups is 2. The highest BCUT2D eigenvalue weighted by Crippen LogP contribution is 2.44. The maximum Gasteiger partial charge on any atom is 0.254 e. The van der Waals surface area contributed by atoms with Gasteiger partial charge in [-0.2, -0.15) is 0 Å². The van der Waals surface area contributed by atoms with Crippen LogP contribution in [0.5, 0.6) is 0 Å². The first kappa shape index (κ1) is 24.7. The number of fused-ring (bicyclic) bond motifs is 1. The Bertz CT molecular complexity index is 1170. The Morgan fingerprint density at radius 3 is 2.53 bits per heavy atom. The number of hydrogen-bond acceptors (Lipinski definition) is 5. The molecule has 2 unspecified atom stereocenters. The minimum atomic E-state index is -0.526. The van der Waals surface area contributed by atoms with E-state index < -0.39 is 5.92 Å². The van der Waals surface area contributed by atoms with E-state index >= 15 is 0 Å². The molecule has 1 N–H and O–H groups in total. The average molecular weight is 504 g/mol. The Morgan fingerprint density at radius 1 is 1.03 bits per heavy atom. The smallest absolute Gasteiger partial charge is 0.254 e. The lowest BCUT2D eigenvalue weighted by Gasteiger charge is -2.41. The Hall–Kier alpha value is -3.00. The Kier molecular flexibility index (Phi) is 7.80. The molecule has 36 heavy (non-hydrogen) atoms. The molecule has 2 aliphatic heterocycles. The van der Waals surface area contributed by atoms with E-state index in [1.807, 2.05) is 53.9 Å². The number of methoxy groups -OCH3 is 1. The number of benzene rings is 2. The van der Waals surface area contributed by atoms with E-state index in [9.17, 15) is 9.59 Å². The van der Waals surface area contributed by atoms with Crippen LogP contribution in [0.1, 0.15) is 57.6 Å². The number of amides is 2. The molecule has 2 atom stereocenters. The van der Waals surface area contributed by atoms with Crippen molar-refractivity contribution in [2.24, 2.45) is 0 Å². The molecule has 7 heteroatoms. The van der Waals surface area contributed by atoms with E-state index in [2.05, 4.69) is 22.3 Å². The molecule has 0 bridgehead atoms. The molecule has 2 aliphatic rings. The molecule has 0 aliphatic carbocycles. The summed E-state index contributed by atoms with van der Waals surface area (Å²) in [5.74, 6) is -0.700. The maximum atomic E-state index is 13.9. The lowest BCUT2D eigenvalue weighted by atomic mass is 9.81. The normalized spacial score (nSPS) is 20.2. The minimum Gasteiger partial charge on any atom is -0.383 e. The number of thiophene rings is 1. The topological polar surface area (TPSA) is 61.9 Å². The highest BCUT2D eigenvalue weighted by atomic mass is 32.1. The molecule has 1 saturated heterocycles. The van der Waals surface area contributed by atoms with Crippen LogP contribution in [-0.4, -0.2) is 55.0 Å². The number of rotatable bonds is 8. The molecule has 2 amide bonds. The van der Waals surface area contributed by atoms with Crippen LogP contribution in [-0.2, 0) is 16.1 Å². The second-order valence-electron chi connectivity index (χ2n) is 9.54. The third-order valence-corrected chi connectivity index (χ3v) is 8.11. The van der Waals surface area contributed by atoms with Gasteiger partial charge >= 0.3 is 0 Å². The molecule has 0 spiro atoms. The van der Waals surface area contributed by atoms with Gasteiger partial charge in [0, 0.05) is 36.3 Å². The predicted octanol–water partition coefficient (Wildman–Crippen LogP) is 5.30. The molecule has 0 radical (unpaired) electrons. The molecule has 3 aromatic rings. The maximum absolute atomic E-state index is 13.9. The van der Waals surface area contributed by atoms with Gasteiger partial charge in [-0.3, -0.25) is 14.5 Å². The summed E-state index contributed by atoms with van der Waals surface area (Å²) in [5.41, 5.74) is 3.38. The molecule has 1 fully saturated rings. The summed E-state index contributed by atoms with van der Waals surface area (Å²) >= 11 is 1.57. The van der Waals surface area contributed by atoms with Gasteiger partial charge in [-0.15, -0.1) is 11.3 Å². The molecule has 0 saturated carbocycles. The number of anilines is 1. The molecule has 3 heterocycles. The molecular weight excluding hydrogens is 470 g/mol. The van der Waals surface area contributed by atoms with E-state index in [4.69, 9.17) is 4.74 Å². The van der Waals surface area contributed by atoms with Gasteiger partial charge in [-0.1, -0.05) is 42.8 Å². The summed E-state index contributed by atoms with van der Waals surface area (Å²) in [6, 6.07) is 19.2. The van der Waals surface area contributed by atoms with E-state index in [1.54, 1.807) is 23.3 Å². The largest absolute Gasteiger partial charge is 0.383 e. The highest BCUT2D eigenvalue weighted by molar-refractivity contribution is 7.10. The first-order chi connectivity index (χ1) is 17.7. The molecular formula is C29H33N3O3S. The minimum absolute atomic E-state index is 0.0628. The van der Waals surface area contributed by atoms with Gasteiger partial charge in [-0.25, -0.2) is 0 Å². The fourth-order valence-electron chi connectivity index (χ4n) is 5.38. The number of carbonyl (C=O) groups excluding carboxylic acids is 2. The monoisotopic (exact) mass is 503 g/mol. The Labute approximate surface area is 216 Å². The van der Waals surface area contributed by atoms with Crippen LogP contribution in [0.15, 0.2) is 66.0 Å². The van der Waals surface area contributed by atoms with Crippen LogP contribution in [0.3, 0.4) is 0 Å². The zero-order chi connectivity index (χ0) is 24.9. The van der Waals surface area contributed by atoms with Crippen LogP contribution in [0.25, 0.3) is 0 Å². The number of hydrogen-bond donors (Lipinski definition) is 1. The van der Waals surface area contributed by atoms with Gasteiger partial charge in [0.2, 0.25) is 5.91 Å². The molecule has 5 rings (SSSR count). The van der Waals surface area contributed by atoms with Gasteiger partial charge in [0.15, 0.2) is 0 Å². The zero-order valence-electron chi connectivity index (χ0n) is 20.7. The van der Waals surface area contributed by atoms with E-state index in [0.717, 1.165) is 35.8 Å². The van der Waals surface area contributed by atoms with Crippen molar-refractivity contribution < 1.29 is 14.3 Å². The van der Waals surface area contributed by atoms with Gasteiger partial charge in [0.05, 0.1) is 18.6 Å². The molecule has 6 nitrogen and oxygen atoms in total. The molecule has 2 aromatic carbocycles. The van der Waals surface area contributed by atoms with Gasteiger partial charge < -0.3 is 15.0 Å². The summed E-state index contributed by atoms with van der Waals surface area (Å²) in [4.78, 5) is 32.7. The van der Waals surface area contributed by atoms with Crippen molar-refractivity contribution in [1.29, 1.82) is 0 Å². The van der Waals surface area contributed by atoms with E-state index in [1.165, 1.54) is 24.8 Å². The summed E-state index contributed by atoms with van der Waals surface area (Å²) < 4.78 is 5.31. The van der Waals surface area contributed by atoms with Crippen LogP contribution in [0.2, 0.25) is 0 Å². The van der Waals surface area contributed by atoms with E-state index in [0.29, 0.717) is 18.7 Å². The average Bonchev–Trinajstić information content (AvgIpc) is 3.44. The van der Waals surface area contributed by atoms with Crippen molar-refractivity contribution in [1.82, 2.24) is 9.80 Å². The molecule has 1 aromatic heterocycles. The first-order valence-corrected chi connectivity index (χ1v) is 13.6. The fourth-order valence-corrected chi connectivity index (χ4v) is 6.25. The Morgan fingerprint density at radius 2 is 1.81 bits per heavy atom. The van der Waals surface area contributed by atoms with Crippen molar-refractivity contribution in [3.05, 3.63) is 87.6 Å². The highest BCUT2D eigenvalue weighted by Gasteiger charge is 2.44. The molecule has 188 valence electrons. The Balaban J connectivity index is 1.41. The number of likely N-dealkylation sites (tertiary alicyclic amines) is 1. The summed E-state index contributed by atoms with van der Waals surface area (Å²) in [6.45, 7) is 4.08. The van der Waals surface area contributed by atoms with Crippen LogP contribution < -0.4 is 5.32 Å². The van der Waals surface area contributed by atoms with E-state index in [-0.39, 0.29) is 17.9 Å². The standard InChI is InChI=1S/C29H33N3O3S/c1-35-18-17-32-27(25-10-7-19-36-25)26(23-8-3-4-9-24(23)29(32)34)28(33)30-22-13-11-21(12-14-22)20-31-15-5-2-6-16-31/h3-4,7-14,19,26-27H,2,5-6,15-18,20H2,1H3,(H,30,33). The van der Waals surface area contributed by atoms with Crippen molar-refractivity contribution >= 4 is 28.8 Å². The predicted molar refractivity (Wildman–Crippen MR) is 143 cm³/mol. The lowest BCUT2D eigenvalue weighted by Crippen LogP contribution is -2.47. The number of piperidine rings is 1. The number of nitrogens with one attached hydrogen (secondary N) is 1. The zero-order valence-corrected chi connectivity index (χ0v) is 21.5. The number of ether oxygens (including phenoxy) is 1. The van der Waals surface area contributed by atoms with Crippen LogP contribution in [0.4, 0.5) is 5.69 Å². The second-order valence-corrected chi connectivity index (χ2v) is 10.5. The summed E-state index contributed by atoms with van der Waals surface area (Å²) in [6.07, 6.45) is 3.87. The first-order valence-electron chi connectivity index (χ1n) is 12.7. The van der Waals surface area contributed by atoms with Gasteiger partial charge in [-0.05, 0) is 66.7 Å². The third-order valence-electron chi connectivity index (χ3n) is 7.17. The van der Waals surface area contributed by atoms with Gasteiger partial charge in [0.1, 0.15) is 0 Å². The van der Waals surface area contributed by atoms with Crippen molar-refractivity contribution in [3.8, 4) is 0 Å². The van der Waals surface area contributed by atoms with Crippen LogP contribution in [0, 0.1) is 0 Å². The van der Waals surface area contributed by atoms with Crippen LogP contribution >= 0.6 is 11.3 Å². The van der Waals surface area contributed by atoms with Gasteiger partial charge in [0.25, 0.3) is 5.91 Å². The quantitative estimate of drug-likeness (QED) is 0.453. The fraction of sp³-hybridized carbons (Fsp3) is 0.379. The second kappa shape index (κ2) is 11.4. The summed E-state index contributed by atoms with van der Waals surface area (Å²) in [7, 11) is 1.63. The van der Waals surface area contributed by atoms with Crippen molar-refractivity contribution in [2.75, 3.05) is 38.7 Å². The van der Waals surface area contributed by atoms with Crippen molar-refractivity contribution in [3.63, 3.8) is 0 Å². The SMILES string of the molecule is COCCN1C(=O)c2ccccc2C(C(=O)Nc2ccc(CN3CCCCC3)cc2)C1c1cccs1. The van der Waals surface area contributed by atoms with Crippen molar-refractivity contribution in [2.45, 2.75) is 37.8 Å². The number of nitrogens with zero attached hydrogens (tertiary/aromatic N) is 2. The summed E-state index contributed by atoms with van der Waals surface area (Å²) in [5, 5.41) is 5.14.